The van der Waals surface area contributed by atoms with Crippen molar-refractivity contribution in [2.75, 3.05) is 6.54 Å². The van der Waals surface area contributed by atoms with Gasteiger partial charge in [0.25, 0.3) is 0 Å². The monoisotopic (exact) mass is 348 g/mol. The summed E-state index contributed by atoms with van der Waals surface area (Å²) in [5, 5.41) is 21.4. The number of aliphatic carboxylic acids is 2. The molecule has 7 heteroatoms. The number of hydrogen-bond donors (Lipinski definition) is 3. The second kappa shape index (κ2) is 8.62. The zero-order chi connectivity index (χ0) is 18.4. The van der Waals surface area contributed by atoms with Gasteiger partial charge in [-0.1, -0.05) is 30.3 Å². The van der Waals surface area contributed by atoms with Crippen LogP contribution in [0.1, 0.15) is 31.7 Å². The minimum Gasteiger partial charge on any atom is -0.480 e. The van der Waals surface area contributed by atoms with Crippen molar-refractivity contribution < 1.29 is 24.6 Å². The van der Waals surface area contributed by atoms with Crippen molar-refractivity contribution >= 4 is 17.8 Å². The highest BCUT2D eigenvalue weighted by Gasteiger charge is 2.36. The Labute approximate surface area is 146 Å². The van der Waals surface area contributed by atoms with E-state index < -0.39 is 30.1 Å². The number of rotatable bonds is 8. The van der Waals surface area contributed by atoms with E-state index >= 15 is 0 Å². The van der Waals surface area contributed by atoms with Gasteiger partial charge < -0.3 is 15.1 Å². The number of carbonyl (C=O) groups excluding carboxylic acids is 1. The van der Waals surface area contributed by atoms with Crippen LogP contribution in [0.25, 0.3) is 0 Å². The third kappa shape index (κ3) is 5.03. The Morgan fingerprint density at radius 3 is 2.52 bits per heavy atom. The van der Waals surface area contributed by atoms with Crippen molar-refractivity contribution in [2.24, 2.45) is 0 Å². The first kappa shape index (κ1) is 18.9. The van der Waals surface area contributed by atoms with Gasteiger partial charge in [0, 0.05) is 6.54 Å². The third-order valence-corrected chi connectivity index (χ3v) is 4.51. The maximum atomic E-state index is 12.5. The summed E-state index contributed by atoms with van der Waals surface area (Å²) in [6.45, 7) is 1.97. The van der Waals surface area contributed by atoms with E-state index in [4.69, 9.17) is 0 Å². The SMILES string of the molecule is C[C@H](N[C@H](CCc1ccccc1)C(=O)O)C(=O)N1CCC[C@@H]1C(=O)O. The van der Waals surface area contributed by atoms with Crippen molar-refractivity contribution in [3.05, 3.63) is 35.9 Å². The summed E-state index contributed by atoms with van der Waals surface area (Å²) in [5.41, 5.74) is 1.03. The molecule has 0 aromatic heterocycles. The average Bonchev–Trinajstić information content (AvgIpc) is 3.08. The second-order valence-electron chi connectivity index (χ2n) is 6.33. The Morgan fingerprint density at radius 2 is 1.92 bits per heavy atom. The van der Waals surface area contributed by atoms with Gasteiger partial charge in [-0.05, 0) is 38.2 Å². The molecular formula is C18H24N2O5. The minimum atomic E-state index is -1.02. The number of carboxylic acid groups (broad SMARTS) is 2. The highest BCUT2D eigenvalue weighted by molar-refractivity contribution is 5.88. The highest BCUT2D eigenvalue weighted by atomic mass is 16.4. The molecule has 0 bridgehead atoms. The highest BCUT2D eigenvalue weighted by Crippen LogP contribution is 2.18. The summed E-state index contributed by atoms with van der Waals surface area (Å²) >= 11 is 0. The number of likely N-dealkylation sites (tertiary alicyclic amines) is 1. The van der Waals surface area contributed by atoms with Crippen molar-refractivity contribution in [1.82, 2.24) is 10.2 Å². The molecule has 0 unspecified atom stereocenters. The molecule has 1 aliphatic rings. The predicted octanol–water partition coefficient (Wildman–Crippen LogP) is 1.13. The largest absolute Gasteiger partial charge is 0.480 e. The number of carboxylic acids is 2. The number of aryl methyl sites for hydroxylation is 1. The van der Waals surface area contributed by atoms with Crippen LogP contribution in [-0.2, 0) is 20.8 Å². The number of amides is 1. The lowest BCUT2D eigenvalue weighted by molar-refractivity contribution is -0.149. The van der Waals surface area contributed by atoms with Gasteiger partial charge >= 0.3 is 11.9 Å². The van der Waals surface area contributed by atoms with E-state index in [2.05, 4.69) is 5.32 Å². The van der Waals surface area contributed by atoms with E-state index in [1.54, 1.807) is 6.92 Å². The summed E-state index contributed by atoms with van der Waals surface area (Å²) in [7, 11) is 0. The van der Waals surface area contributed by atoms with Crippen LogP contribution in [0.15, 0.2) is 30.3 Å². The molecule has 136 valence electrons. The Bertz CT molecular complexity index is 619. The molecule has 0 radical (unpaired) electrons. The van der Waals surface area contributed by atoms with Gasteiger partial charge in [-0.15, -0.1) is 0 Å². The summed E-state index contributed by atoms with van der Waals surface area (Å²) in [5.74, 6) is -2.40. The van der Waals surface area contributed by atoms with Crippen LogP contribution in [0.4, 0.5) is 0 Å². The first-order valence-electron chi connectivity index (χ1n) is 8.46. The van der Waals surface area contributed by atoms with Crippen molar-refractivity contribution in [3.8, 4) is 0 Å². The van der Waals surface area contributed by atoms with Gasteiger partial charge in [-0.3, -0.25) is 14.9 Å². The minimum absolute atomic E-state index is 0.347. The number of nitrogens with one attached hydrogen (secondary N) is 1. The fourth-order valence-corrected chi connectivity index (χ4v) is 3.14. The van der Waals surface area contributed by atoms with E-state index in [9.17, 15) is 24.6 Å². The lowest BCUT2D eigenvalue weighted by atomic mass is 10.0. The second-order valence-corrected chi connectivity index (χ2v) is 6.33. The zero-order valence-electron chi connectivity index (χ0n) is 14.2. The normalized spacial score (nSPS) is 19.4. The zero-order valence-corrected chi connectivity index (χ0v) is 14.2. The molecule has 1 amide bonds. The van der Waals surface area contributed by atoms with Gasteiger partial charge in [0.1, 0.15) is 12.1 Å². The van der Waals surface area contributed by atoms with Crippen LogP contribution in [0.2, 0.25) is 0 Å². The van der Waals surface area contributed by atoms with Crippen LogP contribution in [0, 0.1) is 0 Å². The molecule has 1 aliphatic heterocycles. The maximum Gasteiger partial charge on any atom is 0.326 e. The predicted molar refractivity (Wildman–Crippen MR) is 91.2 cm³/mol. The molecule has 1 fully saturated rings. The van der Waals surface area contributed by atoms with Gasteiger partial charge in [0.2, 0.25) is 5.91 Å². The number of carbonyl (C=O) groups is 3. The van der Waals surface area contributed by atoms with Gasteiger partial charge in [0.05, 0.1) is 6.04 Å². The van der Waals surface area contributed by atoms with Crippen LogP contribution in [0.3, 0.4) is 0 Å². The standard InChI is InChI=1S/C18H24N2O5/c1-12(16(21)20-11-5-8-15(20)18(24)25)19-14(17(22)23)10-9-13-6-3-2-4-7-13/h2-4,6-7,12,14-15,19H,5,8-11H2,1H3,(H,22,23)(H,24,25)/t12-,14+,15+/m0/s1. The molecule has 3 atom stereocenters. The Balaban J connectivity index is 1.95. The molecule has 1 aromatic carbocycles. The number of nitrogens with zero attached hydrogens (tertiary/aromatic N) is 1. The molecule has 1 heterocycles. The molecule has 0 aliphatic carbocycles. The molecule has 1 saturated heterocycles. The number of benzene rings is 1. The third-order valence-electron chi connectivity index (χ3n) is 4.51. The summed E-state index contributed by atoms with van der Waals surface area (Å²) in [6, 6.07) is 7.09. The van der Waals surface area contributed by atoms with Crippen molar-refractivity contribution in [3.63, 3.8) is 0 Å². The van der Waals surface area contributed by atoms with E-state index in [0.717, 1.165) is 5.56 Å². The van der Waals surface area contributed by atoms with Crippen LogP contribution >= 0.6 is 0 Å². The topological polar surface area (TPSA) is 107 Å². The maximum absolute atomic E-state index is 12.5. The van der Waals surface area contributed by atoms with Crippen LogP contribution < -0.4 is 5.32 Å². The molecule has 7 nitrogen and oxygen atoms in total. The lowest BCUT2D eigenvalue weighted by Gasteiger charge is -2.27. The Hall–Kier alpha value is -2.41. The van der Waals surface area contributed by atoms with Gasteiger partial charge in [0.15, 0.2) is 0 Å². The average molecular weight is 348 g/mol. The number of hydrogen-bond acceptors (Lipinski definition) is 4. The first-order valence-corrected chi connectivity index (χ1v) is 8.46. The summed E-state index contributed by atoms with van der Waals surface area (Å²) < 4.78 is 0. The summed E-state index contributed by atoms with van der Waals surface area (Å²) in [4.78, 5) is 36.5. The van der Waals surface area contributed by atoms with Crippen molar-refractivity contribution in [2.45, 2.75) is 50.7 Å². The molecule has 2 rings (SSSR count). The first-order chi connectivity index (χ1) is 11.9. The molecule has 0 spiro atoms. The molecule has 1 aromatic rings. The lowest BCUT2D eigenvalue weighted by Crippen LogP contribution is -2.53. The van der Waals surface area contributed by atoms with Gasteiger partial charge in [-0.25, -0.2) is 4.79 Å². The Kier molecular flexibility index (Phi) is 6.52. The van der Waals surface area contributed by atoms with Gasteiger partial charge in [-0.2, -0.15) is 0 Å². The molecular weight excluding hydrogens is 324 g/mol. The fraction of sp³-hybridized carbons (Fsp3) is 0.500. The smallest absolute Gasteiger partial charge is 0.326 e. The summed E-state index contributed by atoms with van der Waals surface area (Å²) in [6.07, 6.45) is 2.00. The fourth-order valence-electron chi connectivity index (χ4n) is 3.14. The van der Waals surface area contributed by atoms with Crippen LogP contribution in [0.5, 0.6) is 0 Å². The Morgan fingerprint density at radius 1 is 1.24 bits per heavy atom. The van der Waals surface area contributed by atoms with Crippen molar-refractivity contribution in [1.29, 1.82) is 0 Å². The molecule has 0 saturated carbocycles. The van der Waals surface area contributed by atoms with E-state index in [0.29, 0.717) is 32.2 Å². The van der Waals surface area contributed by atoms with Crippen LogP contribution in [-0.4, -0.2) is 57.6 Å². The van der Waals surface area contributed by atoms with E-state index in [-0.39, 0.29) is 5.91 Å². The quantitative estimate of drug-likeness (QED) is 0.650. The molecule has 3 N–H and O–H groups in total. The van der Waals surface area contributed by atoms with E-state index in [1.807, 2.05) is 30.3 Å². The molecule has 25 heavy (non-hydrogen) atoms. The van der Waals surface area contributed by atoms with E-state index in [1.165, 1.54) is 4.90 Å².